The Morgan fingerprint density at radius 3 is 2.15 bits per heavy atom. The first-order valence-corrected chi connectivity index (χ1v) is 4.29. The van der Waals surface area contributed by atoms with Gasteiger partial charge in [0.25, 0.3) is 0 Å². The summed E-state index contributed by atoms with van der Waals surface area (Å²) in [6, 6.07) is 0. The average Bonchev–Trinajstić information content (AvgIpc) is 2.03. The van der Waals surface area contributed by atoms with Crippen LogP contribution >= 0.6 is 0 Å². The highest BCUT2D eigenvalue weighted by Crippen LogP contribution is 2.28. The van der Waals surface area contributed by atoms with Crippen LogP contribution in [0, 0.1) is 11.5 Å². The third-order valence-electron chi connectivity index (χ3n) is 1.98. The molecule has 2 nitrogen and oxygen atoms in total. The van der Waals surface area contributed by atoms with Gasteiger partial charge >= 0.3 is 7.12 Å². The van der Waals surface area contributed by atoms with Crippen molar-refractivity contribution in [3.63, 3.8) is 0 Å². The first-order chi connectivity index (χ1) is 5.91. The van der Waals surface area contributed by atoms with Gasteiger partial charge in [0, 0.05) is 17.6 Å². The number of allylic oxidation sites excluding steroid dienone is 6. The maximum Gasteiger partial charge on any atom is 0.526 e. The highest BCUT2D eigenvalue weighted by Gasteiger charge is 2.26. The van der Waals surface area contributed by atoms with Crippen LogP contribution in [0.3, 0.4) is 0 Å². The second-order valence-electron chi connectivity index (χ2n) is 4.16. The Bertz CT molecular complexity index is 280. The van der Waals surface area contributed by atoms with Crippen LogP contribution in [0.5, 0.6) is 0 Å². The van der Waals surface area contributed by atoms with Crippen LogP contribution in [0.2, 0.25) is 0 Å². The third-order valence-corrected chi connectivity index (χ3v) is 1.98. The fourth-order valence-corrected chi connectivity index (χ4v) is 1.06. The van der Waals surface area contributed by atoms with Crippen LogP contribution < -0.4 is 0 Å². The summed E-state index contributed by atoms with van der Waals surface area (Å²) in [6.07, 6.45) is 8.22. The Balaban J connectivity index is 2.86. The van der Waals surface area contributed by atoms with Crippen molar-refractivity contribution in [1.82, 2.24) is 0 Å². The summed E-state index contributed by atoms with van der Waals surface area (Å²) in [5.74, 6) is 0. The lowest BCUT2D eigenvalue weighted by Gasteiger charge is -2.15. The Morgan fingerprint density at radius 1 is 1.23 bits per heavy atom. The fraction of sp³-hybridized carbons (Fsp3) is 0.400. The minimum atomic E-state index is -1.42. The summed E-state index contributed by atoms with van der Waals surface area (Å²) in [5.41, 5.74) is 1.63. The molecule has 13 heavy (non-hydrogen) atoms. The molecular formula is C10H14BO2+. The third kappa shape index (κ3) is 2.53. The molecule has 3 heteroatoms. The molecule has 0 bridgehead atoms. The van der Waals surface area contributed by atoms with Crippen molar-refractivity contribution in [2.45, 2.75) is 20.8 Å². The average molecular weight is 177 g/mol. The van der Waals surface area contributed by atoms with E-state index in [1.54, 1.807) is 12.2 Å². The molecule has 0 spiro atoms. The van der Waals surface area contributed by atoms with E-state index < -0.39 is 7.12 Å². The molecule has 0 atom stereocenters. The summed E-state index contributed by atoms with van der Waals surface area (Å²) in [6.45, 7) is 6.31. The Kier molecular flexibility index (Phi) is 2.72. The van der Waals surface area contributed by atoms with E-state index >= 15 is 0 Å². The summed E-state index contributed by atoms with van der Waals surface area (Å²) in [5, 5.41) is 17.7. The van der Waals surface area contributed by atoms with E-state index in [-0.39, 0.29) is 5.41 Å². The van der Waals surface area contributed by atoms with Gasteiger partial charge in [-0.1, -0.05) is 0 Å². The molecule has 1 aliphatic rings. The predicted octanol–water partition coefficient (Wildman–Crippen LogP) is 1.27. The van der Waals surface area contributed by atoms with Gasteiger partial charge in [0.1, 0.15) is 11.5 Å². The van der Waals surface area contributed by atoms with E-state index in [4.69, 9.17) is 10.0 Å². The minimum Gasteiger partial charge on any atom is -0.421 e. The zero-order valence-corrected chi connectivity index (χ0v) is 8.20. The fourth-order valence-electron chi connectivity index (χ4n) is 1.06. The zero-order valence-electron chi connectivity index (χ0n) is 8.20. The molecule has 0 saturated carbocycles. The molecule has 0 unspecified atom stereocenters. The Morgan fingerprint density at radius 2 is 1.85 bits per heavy atom. The molecule has 0 heterocycles. The van der Waals surface area contributed by atoms with Crippen LogP contribution in [0.1, 0.15) is 20.8 Å². The number of hydrogen-bond donors (Lipinski definition) is 2. The van der Waals surface area contributed by atoms with E-state index in [1.807, 2.05) is 6.08 Å². The van der Waals surface area contributed by atoms with Gasteiger partial charge in [-0.15, -0.1) is 0 Å². The highest BCUT2D eigenvalue weighted by atomic mass is 16.4. The van der Waals surface area contributed by atoms with E-state index in [1.165, 1.54) is 0 Å². The van der Waals surface area contributed by atoms with Gasteiger partial charge in [-0.3, -0.25) is 0 Å². The van der Waals surface area contributed by atoms with Crippen LogP contribution in [0.4, 0.5) is 0 Å². The van der Waals surface area contributed by atoms with Crippen LogP contribution in [-0.2, 0) is 0 Å². The normalized spacial score (nSPS) is 16.1. The molecule has 0 aromatic rings. The lowest BCUT2D eigenvalue weighted by Crippen LogP contribution is -2.16. The molecule has 0 amide bonds. The molecule has 68 valence electrons. The molecular weight excluding hydrogens is 163 g/mol. The first kappa shape index (κ1) is 10.2. The van der Waals surface area contributed by atoms with Gasteiger partial charge in [-0.2, -0.15) is 0 Å². The van der Waals surface area contributed by atoms with E-state index in [9.17, 15) is 0 Å². The van der Waals surface area contributed by atoms with Crippen molar-refractivity contribution in [2.24, 2.45) is 5.41 Å². The standard InChI is InChI=1S/C10H14BO2/c1-10(2,3)8-4-6-9(7-5-8)11(12)13/h4-6,12-13H,1-3H3/q+1. The number of rotatable bonds is 1. The first-order valence-electron chi connectivity index (χ1n) is 4.29. The van der Waals surface area contributed by atoms with Crippen molar-refractivity contribution < 1.29 is 10.0 Å². The Labute approximate surface area is 79.4 Å². The summed E-state index contributed by atoms with van der Waals surface area (Å²) in [4.78, 5) is 0. The van der Waals surface area contributed by atoms with Gasteiger partial charge in [0.05, 0.1) is 11.6 Å². The van der Waals surface area contributed by atoms with Crippen LogP contribution in [0.25, 0.3) is 0 Å². The molecule has 1 aliphatic carbocycles. The van der Waals surface area contributed by atoms with Gasteiger partial charge in [-0.05, 0) is 20.8 Å². The molecule has 1 rings (SSSR count). The van der Waals surface area contributed by atoms with E-state index in [0.29, 0.717) is 5.47 Å². The SMILES string of the molecule is CC(C)(C)C1=C[C+]=C(B(O)O)C=C1. The molecule has 0 fully saturated rings. The molecule has 0 aliphatic heterocycles. The van der Waals surface area contributed by atoms with Crippen molar-refractivity contribution in [3.8, 4) is 0 Å². The molecule has 0 aromatic heterocycles. The van der Waals surface area contributed by atoms with Crippen molar-refractivity contribution in [1.29, 1.82) is 0 Å². The topological polar surface area (TPSA) is 40.5 Å². The molecule has 0 radical (unpaired) electrons. The lowest BCUT2D eigenvalue weighted by molar-refractivity contribution is 0.420. The quantitative estimate of drug-likeness (QED) is 0.467. The van der Waals surface area contributed by atoms with Crippen molar-refractivity contribution in [2.75, 3.05) is 0 Å². The van der Waals surface area contributed by atoms with Gasteiger partial charge in [0.2, 0.25) is 0 Å². The summed E-state index contributed by atoms with van der Waals surface area (Å²) >= 11 is 0. The van der Waals surface area contributed by atoms with Crippen LogP contribution in [0.15, 0.2) is 29.3 Å². The second kappa shape index (κ2) is 3.47. The maximum atomic E-state index is 8.84. The minimum absolute atomic E-state index is 0.0788. The molecule has 0 aromatic carbocycles. The van der Waals surface area contributed by atoms with E-state index in [2.05, 4.69) is 26.8 Å². The van der Waals surface area contributed by atoms with Crippen molar-refractivity contribution >= 4 is 7.12 Å². The smallest absolute Gasteiger partial charge is 0.421 e. The lowest BCUT2D eigenvalue weighted by atomic mass is 9.75. The highest BCUT2D eigenvalue weighted by molar-refractivity contribution is 6.51. The van der Waals surface area contributed by atoms with Crippen molar-refractivity contribution in [3.05, 3.63) is 35.3 Å². The Hall–Kier alpha value is -0.885. The van der Waals surface area contributed by atoms with Gasteiger partial charge < -0.3 is 10.0 Å². The van der Waals surface area contributed by atoms with E-state index in [0.717, 1.165) is 5.57 Å². The largest absolute Gasteiger partial charge is 0.526 e. The maximum absolute atomic E-state index is 8.84. The van der Waals surface area contributed by atoms with Gasteiger partial charge in [-0.25, -0.2) is 0 Å². The number of hydrogen-bond acceptors (Lipinski definition) is 2. The zero-order chi connectivity index (χ0) is 10.1. The second-order valence-corrected chi connectivity index (χ2v) is 4.16. The summed E-state index contributed by atoms with van der Waals surface area (Å²) < 4.78 is 0. The summed E-state index contributed by atoms with van der Waals surface area (Å²) in [7, 11) is -1.42. The van der Waals surface area contributed by atoms with Gasteiger partial charge in [0.15, 0.2) is 0 Å². The predicted molar refractivity (Wildman–Crippen MR) is 53.6 cm³/mol. The molecule has 2 N–H and O–H groups in total. The molecule has 0 saturated heterocycles. The monoisotopic (exact) mass is 177 g/mol. The van der Waals surface area contributed by atoms with Crippen LogP contribution in [-0.4, -0.2) is 17.2 Å².